The summed E-state index contributed by atoms with van der Waals surface area (Å²) in [5, 5.41) is 1.64. The first-order chi connectivity index (χ1) is 15.4. The Balaban J connectivity index is 0.000000229. The van der Waals surface area contributed by atoms with Crippen LogP contribution in [-0.2, 0) is 24.7 Å². The number of hydrogen-bond donors (Lipinski definition) is 0. The van der Waals surface area contributed by atoms with Crippen molar-refractivity contribution in [1.82, 2.24) is 0 Å². The summed E-state index contributed by atoms with van der Waals surface area (Å²) in [6.45, 7) is 11.6. The Hall–Kier alpha value is -1.31. The van der Waals surface area contributed by atoms with Gasteiger partial charge >= 0.3 is 118 Å². The van der Waals surface area contributed by atoms with Crippen LogP contribution in [0.3, 0.4) is 0 Å². The van der Waals surface area contributed by atoms with Crippen LogP contribution in [0.1, 0.15) is 46.7 Å². The zero-order valence-electron chi connectivity index (χ0n) is 20.5. The average molecular weight is 582 g/mol. The van der Waals surface area contributed by atoms with Gasteiger partial charge in [-0.2, -0.15) is 0 Å². The third-order valence-corrected chi connectivity index (χ3v) is 9.76. The van der Waals surface area contributed by atoms with Crippen molar-refractivity contribution in [2.24, 2.45) is 5.92 Å². The van der Waals surface area contributed by atoms with Crippen LogP contribution in [0.2, 0.25) is 13.1 Å². The van der Waals surface area contributed by atoms with Crippen molar-refractivity contribution in [3.63, 3.8) is 0 Å². The van der Waals surface area contributed by atoms with Crippen LogP contribution < -0.4 is 24.8 Å². The van der Waals surface area contributed by atoms with E-state index in [1.807, 2.05) is 0 Å². The molecule has 0 heterocycles. The average Bonchev–Trinajstić information content (AvgIpc) is 3.33. The molecule has 2 aliphatic rings. The van der Waals surface area contributed by atoms with E-state index in [9.17, 15) is 0 Å². The number of fused-ring (bicyclic) bond motifs is 2. The number of allylic oxidation sites excluding steroid dienone is 2. The van der Waals surface area contributed by atoms with Crippen molar-refractivity contribution in [2.75, 3.05) is 0 Å². The monoisotopic (exact) mass is 579 g/mol. The molecule has 0 radical (unpaired) electrons. The van der Waals surface area contributed by atoms with Gasteiger partial charge in [0, 0.05) is 8.41 Å². The van der Waals surface area contributed by atoms with Crippen LogP contribution in [0.25, 0.3) is 23.3 Å². The van der Waals surface area contributed by atoms with Crippen molar-refractivity contribution in [3.8, 4) is 11.1 Å². The Morgan fingerprint density at radius 2 is 1.38 bits per heavy atom. The van der Waals surface area contributed by atoms with Gasteiger partial charge in [-0.15, -0.1) is 0 Å². The molecule has 3 aromatic rings. The zero-order chi connectivity index (χ0) is 22.8. The van der Waals surface area contributed by atoms with Crippen LogP contribution in [-0.4, -0.2) is 13.6 Å². The van der Waals surface area contributed by atoms with E-state index in [2.05, 4.69) is 119 Å². The SMILES string of the molecule is CC(C)C1=Cc2ccccc2C1=[Si](C)C.CC1=Cc2c(-c3ccccc3)cccc2[CH]1[Zr+2].[Cl-].[Cl-]. The van der Waals surface area contributed by atoms with Crippen molar-refractivity contribution in [2.45, 2.75) is 37.5 Å². The summed E-state index contributed by atoms with van der Waals surface area (Å²) in [5.41, 5.74) is 11.6. The Kier molecular flexibility index (Phi) is 10.7. The fraction of sp³-hybridized carbons (Fsp3) is 0.233. The first-order valence-corrected chi connectivity index (χ1v) is 15.4. The molecule has 2 aliphatic carbocycles. The van der Waals surface area contributed by atoms with Gasteiger partial charge in [-0.3, -0.25) is 0 Å². The first kappa shape index (κ1) is 28.9. The van der Waals surface area contributed by atoms with Crippen LogP contribution in [0.5, 0.6) is 0 Å². The largest absolute Gasteiger partial charge is 1.00 e. The molecule has 0 aliphatic heterocycles. The molecule has 4 heteroatoms. The maximum absolute atomic E-state index is 2.39. The molecule has 0 bridgehead atoms. The molecule has 0 saturated carbocycles. The number of halogens is 2. The second-order valence-corrected chi connectivity index (χ2v) is 13.1. The summed E-state index contributed by atoms with van der Waals surface area (Å²) < 4.78 is 0.654. The number of benzene rings is 3. The minimum Gasteiger partial charge on any atom is -1.00 e. The Morgan fingerprint density at radius 3 is 2.03 bits per heavy atom. The summed E-state index contributed by atoms with van der Waals surface area (Å²) in [7, 11) is -0.369. The van der Waals surface area contributed by atoms with Gasteiger partial charge in [-0.25, -0.2) is 0 Å². The smallest absolute Gasteiger partial charge is 1.00 e. The van der Waals surface area contributed by atoms with Gasteiger partial charge in [-0.1, -0.05) is 57.3 Å². The molecule has 34 heavy (non-hydrogen) atoms. The van der Waals surface area contributed by atoms with Gasteiger partial charge in [0.2, 0.25) is 0 Å². The molecule has 173 valence electrons. The quantitative estimate of drug-likeness (QED) is 0.406. The van der Waals surface area contributed by atoms with E-state index in [4.69, 9.17) is 0 Å². The van der Waals surface area contributed by atoms with E-state index in [-0.39, 0.29) is 33.2 Å². The van der Waals surface area contributed by atoms with Crippen molar-refractivity contribution in [3.05, 3.63) is 106 Å². The normalized spacial score (nSPS) is 15.2. The van der Waals surface area contributed by atoms with E-state index >= 15 is 0 Å². The molecule has 1 atom stereocenters. The van der Waals surface area contributed by atoms with Crippen LogP contribution >= 0.6 is 0 Å². The van der Waals surface area contributed by atoms with Crippen molar-refractivity contribution < 1.29 is 49.5 Å². The minimum absolute atomic E-state index is 0. The third-order valence-electron chi connectivity index (χ3n) is 6.31. The molecule has 0 aromatic heterocycles. The minimum atomic E-state index is -0.369. The van der Waals surface area contributed by atoms with Gasteiger partial charge in [0.1, 0.15) is 0 Å². The predicted molar refractivity (Wildman–Crippen MR) is 139 cm³/mol. The maximum atomic E-state index is 2.39. The van der Waals surface area contributed by atoms with Crippen LogP contribution in [0.4, 0.5) is 0 Å². The van der Waals surface area contributed by atoms with Gasteiger partial charge in [0.05, 0.1) is 0 Å². The molecule has 0 nitrogen and oxygen atoms in total. The molecule has 0 fully saturated rings. The second-order valence-electron chi connectivity index (χ2n) is 9.21. The number of rotatable bonds is 2. The standard InChI is InChI=1S/C16H13.C14H18Si.2ClH.Zr/c1-12-10-14-8-5-9-15(16(14)11-12)13-6-3-2-4-7-13;1-10(2)13-9-11-7-5-6-8-12(11)14(13)15(3)4;;;/h2-11H,1H3;5-10H,1-4H3;2*1H;/q;;;;+2/p-2. The Morgan fingerprint density at radius 1 is 0.765 bits per heavy atom. The van der Waals surface area contributed by atoms with Gasteiger partial charge in [0.25, 0.3) is 0 Å². The fourth-order valence-corrected chi connectivity index (χ4v) is 7.21. The summed E-state index contributed by atoms with van der Waals surface area (Å²) in [6, 6.07) is 26.1. The third kappa shape index (κ3) is 5.90. The van der Waals surface area contributed by atoms with E-state index in [0.717, 1.165) is 0 Å². The molecular weight excluding hydrogens is 551 g/mol. The molecule has 0 amide bonds. The first-order valence-electron chi connectivity index (χ1n) is 11.4. The van der Waals surface area contributed by atoms with Crippen molar-refractivity contribution in [1.29, 1.82) is 0 Å². The van der Waals surface area contributed by atoms with Gasteiger partial charge in [-0.05, 0) is 27.8 Å². The maximum Gasteiger partial charge on any atom is -1.00 e. The molecule has 0 N–H and O–H groups in total. The van der Waals surface area contributed by atoms with E-state index < -0.39 is 0 Å². The number of hydrogen-bond acceptors (Lipinski definition) is 0. The molecular formula is C30H31Cl2SiZr. The van der Waals surface area contributed by atoms with Crippen LogP contribution in [0.15, 0.2) is 83.9 Å². The molecule has 5 rings (SSSR count). The predicted octanol–water partition coefficient (Wildman–Crippen LogP) is 1.96. The second kappa shape index (κ2) is 12.6. The summed E-state index contributed by atoms with van der Waals surface area (Å²) in [6.07, 6.45) is 4.74. The molecule has 3 aromatic carbocycles. The fourth-order valence-electron chi connectivity index (χ4n) is 4.68. The summed E-state index contributed by atoms with van der Waals surface area (Å²) >= 11 is 1.58. The molecule has 0 saturated heterocycles. The summed E-state index contributed by atoms with van der Waals surface area (Å²) in [5.74, 6) is 0.646. The van der Waals surface area contributed by atoms with Crippen LogP contribution in [0, 0.1) is 5.92 Å². The Labute approximate surface area is 234 Å². The van der Waals surface area contributed by atoms with Gasteiger partial charge < -0.3 is 24.8 Å². The molecule has 0 spiro atoms. The summed E-state index contributed by atoms with van der Waals surface area (Å²) in [4.78, 5) is 0. The van der Waals surface area contributed by atoms with E-state index in [1.54, 1.807) is 35.5 Å². The zero-order valence-corrected chi connectivity index (χ0v) is 25.5. The van der Waals surface area contributed by atoms with Crippen molar-refractivity contribution >= 4 is 25.7 Å². The van der Waals surface area contributed by atoms with Gasteiger partial charge in [0.15, 0.2) is 0 Å². The van der Waals surface area contributed by atoms with E-state index in [0.29, 0.717) is 9.54 Å². The van der Waals surface area contributed by atoms with E-state index in [1.165, 1.54) is 39.0 Å². The topological polar surface area (TPSA) is 0 Å². The Bertz CT molecular complexity index is 1240. The molecule has 1 unspecified atom stereocenters.